The van der Waals surface area contributed by atoms with Gasteiger partial charge in [-0.05, 0) is 0 Å². The number of aromatic nitrogens is 3. The number of nitrogens with one attached hydrogen (secondary N) is 1. The topological polar surface area (TPSA) is 86.2 Å². The van der Waals surface area contributed by atoms with Crippen molar-refractivity contribution in [1.82, 2.24) is 20.6 Å². The summed E-state index contributed by atoms with van der Waals surface area (Å²) >= 11 is 0. The van der Waals surface area contributed by atoms with Crippen LogP contribution in [0.15, 0.2) is 21.4 Å². The average Bonchev–Trinajstić information content (AvgIpc) is 3.01. The third-order valence-electron chi connectivity index (χ3n) is 2.31. The fourth-order valence-corrected chi connectivity index (χ4v) is 1.52. The van der Waals surface area contributed by atoms with E-state index in [4.69, 9.17) is 13.8 Å². The monoisotopic (exact) mass is 222 g/mol. The van der Waals surface area contributed by atoms with Gasteiger partial charge in [0.25, 0.3) is 5.89 Å². The van der Waals surface area contributed by atoms with Gasteiger partial charge in [-0.15, -0.1) is 0 Å². The van der Waals surface area contributed by atoms with Crippen molar-refractivity contribution in [1.29, 1.82) is 0 Å². The van der Waals surface area contributed by atoms with E-state index in [1.807, 2.05) is 0 Å². The van der Waals surface area contributed by atoms with Gasteiger partial charge in [-0.25, -0.2) is 0 Å². The molecule has 1 N–H and O–H groups in total. The first kappa shape index (κ1) is 9.49. The second-order valence-electron chi connectivity index (χ2n) is 3.41. The van der Waals surface area contributed by atoms with Crippen molar-refractivity contribution < 1.29 is 13.8 Å². The molecule has 16 heavy (non-hydrogen) atoms. The first-order valence-corrected chi connectivity index (χ1v) is 5.00. The molecule has 7 heteroatoms. The number of hydrogen-bond donors (Lipinski definition) is 1. The summed E-state index contributed by atoms with van der Waals surface area (Å²) in [5.74, 6) is 0.878. The van der Waals surface area contributed by atoms with Gasteiger partial charge in [0.05, 0.1) is 6.61 Å². The van der Waals surface area contributed by atoms with Gasteiger partial charge in [-0.3, -0.25) is 0 Å². The first-order valence-electron chi connectivity index (χ1n) is 5.00. The molecule has 1 unspecified atom stereocenters. The Morgan fingerprint density at radius 2 is 2.38 bits per heavy atom. The molecule has 1 fully saturated rings. The van der Waals surface area contributed by atoms with Gasteiger partial charge in [-0.1, -0.05) is 10.3 Å². The molecule has 2 aromatic heterocycles. The SMILES string of the molecule is c1cc(-c2nc(C3CNCCO3)no2)no1. The molecule has 0 aromatic carbocycles. The zero-order valence-electron chi connectivity index (χ0n) is 8.42. The number of morpholine rings is 1. The van der Waals surface area contributed by atoms with E-state index in [1.54, 1.807) is 6.07 Å². The molecule has 3 heterocycles. The number of nitrogens with zero attached hydrogens (tertiary/aromatic N) is 3. The Kier molecular flexibility index (Phi) is 2.39. The second-order valence-corrected chi connectivity index (χ2v) is 3.41. The van der Waals surface area contributed by atoms with Gasteiger partial charge >= 0.3 is 0 Å². The van der Waals surface area contributed by atoms with E-state index in [0.717, 1.165) is 6.54 Å². The van der Waals surface area contributed by atoms with Gasteiger partial charge in [0.1, 0.15) is 12.4 Å². The molecule has 84 valence electrons. The van der Waals surface area contributed by atoms with Crippen LogP contribution < -0.4 is 5.32 Å². The normalized spacial score (nSPS) is 21.1. The van der Waals surface area contributed by atoms with E-state index in [2.05, 4.69) is 20.6 Å². The van der Waals surface area contributed by atoms with E-state index in [0.29, 0.717) is 30.6 Å². The molecule has 7 nitrogen and oxygen atoms in total. The van der Waals surface area contributed by atoms with E-state index < -0.39 is 0 Å². The first-order chi connectivity index (χ1) is 7.93. The average molecular weight is 222 g/mol. The van der Waals surface area contributed by atoms with Crippen molar-refractivity contribution in [3.63, 3.8) is 0 Å². The Labute approximate surface area is 90.8 Å². The van der Waals surface area contributed by atoms with Gasteiger partial charge in [0.2, 0.25) is 5.82 Å². The molecule has 2 aromatic rings. The quantitative estimate of drug-likeness (QED) is 0.786. The number of rotatable bonds is 2. The summed E-state index contributed by atoms with van der Waals surface area (Å²) < 4.78 is 15.3. The summed E-state index contributed by atoms with van der Waals surface area (Å²) in [5.41, 5.74) is 0.530. The van der Waals surface area contributed by atoms with Crippen LogP contribution in [0.1, 0.15) is 11.9 Å². The van der Waals surface area contributed by atoms with Crippen LogP contribution in [0.25, 0.3) is 11.6 Å². The zero-order chi connectivity index (χ0) is 10.8. The third-order valence-corrected chi connectivity index (χ3v) is 2.31. The lowest BCUT2D eigenvalue weighted by Gasteiger charge is -2.20. The van der Waals surface area contributed by atoms with Crippen LogP contribution in [0, 0.1) is 0 Å². The van der Waals surface area contributed by atoms with Crippen LogP contribution in [0.5, 0.6) is 0 Å². The molecule has 1 atom stereocenters. The largest absolute Gasteiger partial charge is 0.367 e. The standard InChI is InChI=1S/C9H10N4O3/c1-3-15-12-6(1)9-11-8(13-16-9)7-5-10-2-4-14-7/h1,3,7,10H,2,4-5H2. The fraction of sp³-hybridized carbons (Fsp3) is 0.444. The molecular formula is C9H10N4O3. The lowest BCUT2D eigenvalue weighted by molar-refractivity contribution is 0.0208. The van der Waals surface area contributed by atoms with E-state index in [9.17, 15) is 0 Å². The summed E-state index contributed by atoms with van der Waals surface area (Å²) in [6.07, 6.45) is 1.30. The Bertz CT molecular complexity index is 447. The summed E-state index contributed by atoms with van der Waals surface area (Å²) in [4.78, 5) is 4.21. The highest BCUT2D eigenvalue weighted by atomic mass is 16.5. The molecule has 0 saturated carbocycles. The highest BCUT2D eigenvalue weighted by molar-refractivity contribution is 5.43. The Morgan fingerprint density at radius 3 is 3.12 bits per heavy atom. The molecule has 1 aliphatic rings. The van der Waals surface area contributed by atoms with Crippen LogP contribution >= 0.6 is 0 Å². The highest BCUT2D eigenvalue weighted by Gasteiger charge is 2.22. The van der Waals surface area contributed by atoms with Crippen molar-refractivity contribution in [3.05, 3.63) is 18.2 Å². The molecule has 1 saturated heterocycles. The van der Waals surface area contributed by atoms with Crippen LogP contribution in [0.2, 0.25) is 0 Å². The number of hydrogen-bond acceptors (Lipinski definition) is 7. The minimum Gasteiger partial charge on any atom is -0.367 e. The maximum absolute atomic E-state index is 5.50. The highest BCUT2D eigenvalue weighted by Crippen LogP contribution is 2.20. The third kappa shape index (κ3) is 1.70. The van der Waals surface area contributed by atoms with E-state index in [1.165, 1.54) is 6.26 Å². The van der Waals surface area contributed by atoms with Crippen LogP contribution in [-0.4, -0.2) is 35.0 Å². The Morgan fingerprint density at radius 1 is 1.38 bits per heavy atom. The van der Waals surface area contributed by atoms with Crippen molar-refractivity contribution in [2.45, 2.75) is 6.10 Å². The van der Waals surface area contributed by atoms with Crippen LogP contribution in [-0.2, 0) is 4.74 Å². The maximum Gasteiger partial charge on any atom is 0.280 e. The second kappa shape index (κ2) is 4.03. The number of ether oxygens (including phenoxy) is 1. The minimum atomic E-state index is -0.154. The summed E-state index contributed by atoms with van der Waals surface area (Å²) in [5, 5.41) is 10.8. The molecule has 0 amide bonds. The zero-order valence-corrected chi connectivity index (χ0v) is 8.42. The Hall–Kier alpha value is -1.73. The molecule has 0 radical (unpaired) electrons. The van der Waals surface area contributed by atoms with E-state index in [-0.39, 0.29) is 6.10 Å². The maximum atomic E-state index is 5.50. The Balaban J connectivity index is 1.82. The molecular weight excluding hydrogens is 212 g/mol. The van der Waals surface area contributed by atoms with Gasteiger partial charge in [0, 0.05) is 19.2 Å². The smallest absolute Gasteiger partial charge is 0.280 e. The lowest BCUT2D eigenvalue weighted by Crippen LogP contribution is -2.33. The van der Waals surface area contributed by atoms with Crippen molar-refractivity contribution in [2.75, 3.05) is 19.7 Å². The van der Waals surface area contributed by atoms with Crippen molar-refractivity contribution in [3.8, 4) is 11.6 Å². The summed E-state index contributed by atoms with van der Waals surface area (Å²) in [7, 11) is 0. The van der Waals surface area contributed by atoms with Crippen LogP contribution in [0.3, 0.4) is 0 Å². The molecule has 0 spiro atoms. The molecule has 1 aliphatic heterocycles. The summed E-state index contributed by atoms with van der Waals surface area (Å²) in [6.45, 7) is 2.20. The predicted octanol–water partition coefficient (Wildman–Crippen LogP) is 0.385. The minimum absolute atomic E-state index is 0.154. The lowest BCUT2D eigenvalue weighted by atomic mass is 10.3. The summed E-state index contributed by atoms with van der Waals surface area (Å²) in [6, 6.07) is 1.66. The van der Waals surface area contributed by atoms with Gasteiger partial charge in [0.15, 0.2) is 5.69 Å². The van der Waals surface area contributed by atoms with Crippen LogP contribution in [0.4, 0.5) is 0 Å². The van der Waals surface area contributed by atoms with Gasteiger partial charge < -0.3 is 19.1 Å². The van der Waals surface area contributed by atoms with Crippen molar-refractivity contribution in [2.24, 2.45) is 0 Å². The molecule has 0 aliphatic carbocycles. The molecule has 0 bridgehead atoms. The predicted molar refractivity (Wildman–Crippen MR) is 51.4 cm³/mol. The fourth-order valence-electron chi connectivity index (χ4n) is 1.52. The van der Waals surface area contributed by atoms with Crippen molar-refractivity contribution >= 4 is 0 Å². The van der Waals surface area contributed by atoms with Gasteiger partial charge in [-0.2, -0.15) is 4.98 Å². The molecule has 3 rings (SSSR count). The van der Waals surface area contributed by atoms with E-state index >= 15 is 0 Å².